The zero-order valence-corrected chi connectivity index (χ0v) is 28.7. The summed E-state index contributed by atoms with van der Waals surface area (Å²) in [6.45, 7) is 9.77. The maximum atomic E-state index is 14.3. The number of hydrogen-bond donors (Lipinski definition) is 1. The number of amides is 1. The third-order valence-electron chi connectivity index (χ3n) is 8.64. The zero-order valence-electron chi connectivity index (χ0n) is 27.9. The minimum Gasteiger partial charge on any atom is -0.487 e. The van der Waals surface area contributed by atoms with Gasteiger partial charge in [0.05, 0.1) is 35.6 Å². The van der Waals surface area contributed by atoms with E-state index in [2.05, 4.69) is 24.7 Å². The fourth-order valence-electron chi connectivity index (χ4n) is 6.15. The van der Waals surface area contributed by atoms with E-state index in [0.29, 0.717) is 17.7 Å². The summed E-state index contributed by atoms with van der Waals surface area (Å²) in [4.78, 5) is 33.6. The molecule has 0 radical (unpaired) electrons. The molecule has 2 aromatic heterocycles. The van der Waals surface area contributed by atoms with Crippen molar-refractivity contribution in [3.8, 4) is 22.9 Å². The Kier molecular flexibility index (Phi) is 9.27. The van der Waals surface area contributed by atoms with E-state index in [0.717, 1.165) is 16.7 Å². The van der Waals surface area contributed by atoms with Crippen molar-refractivity contribution in [3.05, 3.63) is 82.9 Å². The highest BCUT2D eigenvalue weighted by atomic mass is 32.2. The number of anilines is 1. The number of benzene rings is 2. The van der Waals surface area contributed by atoms with Gasteiger partial charge < -0.3 is 14.4 Å². The molecular formula is C35H38F2N6O5S. The molecule has 1 aliphatic carbocycles. The van der Waals surface area contributed by atoms with E-state index in [1.807, 2.05) is 52.8 Å². The summed E-state index contributed by atoms with van der Waals surface area (Å²) in [6, 6.07) is 11.1. The average molecular weight is 693 g/mol. The summed E-state index contributed by atoms with van der Waals surface area (Å²) in [5.74, 6) is -2.48. The number of aromatic nitrogens is 4. The number of nitrogens with zero attached hydrogens (tertiary/aromatic N) is 5. The van der Waals surface area contributed by atoms with Gasteiger partial charge in [-0.25, -0.2) is 36.9 Å². The summed E-state index contributed by atoms with van der Waals surface area (Å²) >= 11 is 0. The largest absolute Gasteiger partial charge is 0.487 e. The second kappa shape index (κ2) is 13.3. The van der Waals surface area contributed by atoms with E-state index in [-0.39, 0.29) is 65.8 Å². The van der Waals surface area contributed by atoms with Crippen molar-refractivity contribution >= 4 is 21.9 Å². The van der Waals surface area contributed by atoms with Crippen LogP contribution in [-0.2, 0) is 16.6 Å². The first-order chi connectivity index (χ1) is 23.2. The summed E-state index contributed by atoms with van der Waals surface area (Å²) in [7, 11) is -4.23. The molecule has 1 N–H and O–H groups in total. The predicted molar refractivity (Wildman–Crippen MR) is 178 cm³/mol. The van der Waals surface area contributed by atoms with Crippen LogP contribution in [0.2, 0.25) is 0 Å². The number of halogens is 2. The predicted octanol–water partition coefficient (Wildman–Crippen LogP) is 6.29. The van der Waals surface area contributed by atoms with Crippen LogP contribution in [0.5, 0.6) is 11.6 Å². The number of nitrogens with one attached hydrogen (secondary N) is 1. The van der Waals surface area contributed by atoms with Crippen molar-refractivity contribution in [2.24, 2.45) is 5.92 Å². The fourth-order valence-corrected chi connectivity index (χ4v) is 7.14. The van der Waals surface area contributed by atoms with E-state index in [9.17, 15) is 22.0 Å². The van der Waals surface area contributed by atoms with Gasteiger partial charge in [-0.2, -0.15) is 4.98 Å². The molecule has 3 heterocycles. The quantitative estimate of drug-likeness (QED) is 0.237. The monoisotopic (exact) mass is 692 g/mol. The Morgan fingerprint density at radius 1 is 1.04 bits per heavy atom. The molecule has 14 heteroatoms. The van der Waals surface area contributed by atoms with Crippen molar-refractivity contribution in [1.29, 1.82) is 0 Å². The van der Waals surface area contributed by atoms with Crippen LogP contribution in [0.1, 0.15) is 66.0 Å². The highest BCUT2D eigenvalue weighted by molar-refractivity contribution is 7.92. The summed E-state index contributed by atoms with van der Waals surface area (Å²) < 4.78 is 68.4. The SMILES string of the molecule is Cc1cccc(C)c1-c1nc2nc(c1C)OC[C@@H](CC(C)C)N(Cc1ncc(OC3CC(F)(F)C3)cn1)C(=O)c1cccc(c1)S(=O)(=O)N2. The van der Waals surface area contributed by atoms with E-state index in [1.165, 1.54) is 30.6 Å². The molecule has 1 saturated carbocycles. The lowest BCUT2D eigenvalue weighted by Gasteiger charge is -2.34. The fraction of sp³-hybridized carbons (Fsp3) is 0.400. The lowest BCUT2D eigenvalue weighted by molar-refractivity contribution is -0.134. The summed E-state index contributed by atoms with van der Waals surface area (Å²) in [5, 5.41) is 0. The first-order valence-corrected chi connectivity index (χ1v) is 17.5. The molecule has 11 nitrogen and oxygen atoms in total. The molecule has 0 unspecified atom stereocenters. The van der Waals surface area contributed by atoms with E-state index < -0.39 is 34.0 Å². The number of aryl methyl sites for hydroxylation is 2. The Morgan fingerprint density at radius 3 is 2.37 bits per heavy atom. The van der Waals surface area contributed by atoms with Crippen LogP contribution in [0.4, 0.5) is 14.7 Å². The molecule has 1 fully saturated rings. The van der Waals surface area contributed by atoms with E-state index >= 15 is 0 Å². The van der Waals surface area contributed by atoms with Gasteiger partial charge in [0.25, 0.3) is 21.9 Å². The van der Waals surface area contributed by atoms with Crippen molar-refractivity contribution in [3.63, 3.8) is 0 Å². The van der Waals surface area contributed by atoms with Gasteiger partial charge >= 0.3 is 0 Å². The number of carbonyl (C=O) groups is 1. The summed E-state index contributed by atoms with van der Waals surface area (Å²) in [5.41, 5.74) is 4.01. The normalized spacial score (nSPS) is 18.7. The molecule has 6 rings (SSSR count). The number of fused-ring (bicyclic) bond motifs is 4. The van der Waals surface area contributed by atoms with Crippen molar-refractivity contribution in [2.75, 3.05) is 11.3 Å². The highest BCUT2D eigenvalue weighted by Crippen LogP contribution is 2.39. The van der Waals surface area contributed by atoms with Gasteiger partial charge in [0.1, 0.15) is 18.5 Å². The van der Waals surface area contributed by atoms with Gasteiger partial charge in [-0.1, -0.05) is 38.1 Å². The molecule has 4 bridgehead atoms. The molecule has 1 aliphatic heterocycles. The van der Waals surface area contributed by atoms with Crippen LogP contribution in [-0.4, -0.2) is 63.8 Å². The maximum Gasteiger partial charge on any atom is 0.264 e. The lowest BCUT2D eigenvalue weighted by Crippen LogP contribution is -2.44. The molecular weight excluding hydrogens is 654 g/mol. The molecule has 49 heavy (non-hydrogen) atoms. The second-order valence-electron chi connectivity index (χ2n) is 13.1. The van der Waals surface area contributed by atoms with Crippen LogP contribution in [0.25, 0.3) is 11.3 Å². The topological polar surface area (TPSA) is 136 Å². The van der Waals surface area contributed by atoms with Crippen LogP contribution in [0.3, 0.4) is 0 Å². The van der Waals surface area contributed by atoms with E-state index in [4.69, 9.17) is 9.47 Å². The van der Waals surface area contributed by atoms with Crippen molar-refractivity contribution < 1.29 is 31.5 Å². The standard InChI is InChI=1S/C35H38F2N6O5S/c1-20(2)12-25-19-47-32-23(5)31(30-21(3)8-6-9-22(30)4)40-34(41-32)42-49(45,46)28-11-7-10-24(13-28)33(44)43(25)18-29-38-16-27(17-39-29)48-26-14-35(36,37)15-26/h6-11,13,16-17,20,25-26H,12,14-15,18-19H2,1-5H3,(H,40,41,42)/t25-/m1/s1. The van der Waals surface area contributed by atoms with Gasteiger partial charge in [0.2, 0.25) is 11.8 Å². The smallest absolute Gasteiger partial charge is 0.264 e. The number of hydrogen-bond acceptors (Lipinski definition) is 9. The minimum atomic E-state index is -4.23. The Hall–Kier alpha value is -4.72. The number of alkyl halides is 2. The summed E-state index contributed by atoms with van der Waals surface area (Å²) in [6.07, 6.45) is 1.99. The van der Waals surface area contributed by atoms with Gasteiger partial charge in [0.15, 0.2) is 5.75 Å². The highest BCUT2D eigenvalue weighted by Gasteiger charge is 2.47. The van der Waals surface area contributed by atoms with Gasteiger partial charge in [0, 0.05) is 29.5 Å². The van der Waals surface area contributed by atoms with Gasteiger partial charge in [-0.3, -0.25) is 4.79 Å². The third kappa shape index (κ3) is 7.48. The van der Waals surface area contributed by atoms with Crippen LogP contribution < -0.4 is 14.2 Å². The average Bonchev–Trinajstić information content (AvgIpc) is 3.02. The Morgan fingerprint density at radius 2 is 1.71 bits per heavy atom. The molecule has 0 spiro atoms. The van der Waals surface area contributed by atoms with Gasteiger partial charge in [-0.15, -0.1) is 0 Å². The van der Waals surface area contributed by atoms with Crippen molar-refractivity contribution in [2.45, 2.75) is 83.4 Å². The number of carbonyl (C=O) groups excluding carboxylic acids is 1. The van der Waals surface area contributed by atoms with Crippen LogP contribution >= 0.6 is 0 Å². The maximum absolute atomic E-state index is 14.3. The van der Waals surface area contributed by atoms with Crippen LogP contribution in [0, 0.1) is 26.7 Å². The molecule has 258 valence electrons. The third-order valence-corrected chi connectivity index (χ3v) is 9.97. The van der Waals surface area contributed by atoms with Crippen LogP contribution in [0.15, 0.2) is 59.8 Å². The Balaban J connectivity index is 1.41. The molecule has 4 aromatic rings. The van der Waals surface area contributed by atoms with E-state index in [1.54, 1.807) is 11.0 Å². The molecule has 2 aromatic carbocycles. The first kappa shape index (κ1) is 34.2. The molecule has 0 saturated heterocycles. The second-order valence-corrected chi connectivity index (χ2v) is 14.8. The number of rotatable bonds is 7. The minimum absolute atomic E-state index is 0.0247. The molecule has 1 amide bonds. The number of sulfonamides is 1. The lowest BCUT2D eigenvalue weighted by atomic mass is 9.91. The Bertz CT molecular complexity index is 1960. The zero-order chi connectivity index (χ0) is 35.1. The van der Waals surface area contributed by atoms with Gasteiger partial charge in [-0.05, 0) is 62.4 Å². The molecule has 1 atom stereocenters. The Labute approximate surface area is 284 Å². The number of ether oxygens (including phenoxy) is 2. The molecule has 2 aliphatic rings. The first-order valence-electron chi connectivity index (χ1n) is 16.1. The van der Waals surface area contributed by atoms with Crippen molar-refractivity contribution in [1.82, 2.24) is 24.8 Å².